The second-order valence-corrected chi connectivity index (χ2v) is 20.9. The number of aryl methyl sites for hydroxylation is 2. The molecule has 384 valence electrons. The maximum Gasteiger partial charge on any atom is 0.320 e. The molecule has 4 amide bonds. The van der Waals surface area contributed by atoms with E-state index in [9.17, 15) is 32.9 Å². The van der Waals surface area contributed by atoms with Crippen molar-refractivity contribution in [2.24, 2.45) is 5.73 Å². The number of halogens is 5. The third kappa shape index (κ3) is 16.3. The number of rotatable bonds is 15. The van der Waals surface area contributed by atoms with Crippen LogP contribution in [-0.4, -0.2) is 106 Å². The minimum Gasteiger partial charge on any atom is -0.480 e. The fourth-order valence-corrected chi connectivity index (χ4v) is 8.75. The fourth-order valence-electron chi connectivity index (χ4n) is 7.42. The molecular weight excluding hydrogens is 1020 g/mol. The second-order valence-electron chi connectivity index (χ2n) is 16.6. The minimum atomic E-state index is -3.10. The van der Waals surface area contributed by atoms with E-state index < -0.39 is 53.7 Å². The number of alkyl halides is 3. The first-order chi connectivity index (χ1) is 32.9. The van der Waals surface area contributed by atoms with Gasteiger partial charge in [-0.1, -0.05) is 72.8 Å². The van der Waals surface area contributed by atoms with Crippen molar-refractivity contribution < 1.29 is 61.6 Å². The van der Waals surface area contributed by atoms with E-state index >= 15 is 0 Å². The number of carboxylic acids is 1. The van der Waals surface area contributed by atoms with Gasteiger partial charge in [-0.2, -0.15) is 0 Å². The molecule has 2 aromatic carbocycles. The molecule has 1 aromatic heterocycles. The summed E-state index contributed by atoms with van der Waals surface area (Å²) in [6, 6.07) is 10.9. The minimum absolute atomic E-state index is 0.0233. The third-order valence-electron chi connectivity index (χ3n) is 11.0. The highest BCUT2D eigenvalue weighted by molar-refractivity contribution is 7.57. The van der Waals surface area contributed by atoms with Crippen LogP contribution in [0.5, 0.6) is 5.75 Å². The standard InChI is InChI=1S/C18H15ClFNO3.C14H20ClNO2.C11H13Cl2NO3.C5H12NO4P/c1-3-10(2)24-16-9-15(14(20)8-13(16)19)21-17(22)11-6-4-5-7-12(11)18(21)23;1-4-11-7-6-8-12(5-2)14(11)16(10-18-3)13(17)9-15;1-11(2)14(10(15)9(12)13)6-8(17-11)7-4-3-5-16-7;1-11(9,10)3-2-4(6)5(7)8/h1,8-10H,4-7H2,2H3;6-8H,4-5,9-10H2,1-3H3;3-5,8-9H,6H2,1-2H3;4H,2-3,6H2,1H3,(H,7,8)(H,9,10). The first-order valence-corrected chi connectivity index (χ1v) is 26.2. The molecule has 22 heteroatoms. The number of nitrogens with two attached hydrogens (primary N) is 1. The lowest BCUT2D eigenvalue weighted by atomic mass is 9.93. The lowest BCUT2D eigenvalue weighted by Gasteiger charge is -2.29. The molecule has 70 heavy (non-hydrogen) atoms. The van der Waals surface area contributed by atoms with E-state index in [-0.39, 0.29) is 59.6 Å². The van der Waals surface area contributed by atoms with Crippen LogP contribution in [0.25, 0.3) is 0 Å². The number of terminal acetylenes is 1. The van der Waals surface area contributed by atoms with Crippen molar-refractivity contribution in [1.82, 2.24) is 4.90 Å². The lowest BCUT2D eigenvalue weighted by Crippen LogP contribution is -2.45. The monoisotopic (exact) mass is 1070 g/mol. The number of furan rings is 1. The quantitative estimate of drug-likeness (QED) is 0.0426. The maximum atomic E-state index is 14.4. The summed E-state index contributed by atoms with van der Waals surface area (Å²) in [7, 11) is -1.52. The molecule has 3 aliphatic rings. The number of carbonyl (C=O) groups is 5. The van der Waals surface area contributed by atoms with Gasteiger partial charge >= 0.3 is 5.97 Å². The highest BCUT2D eigenvalue weighted by Crippen LogP contribution is 2.41. The van der Waals surface area contributed by atoms with E-state index in [0.717, 1.165) is 53.5 Å². The second kappa shape index (κ2) is 27.4. The Balaban J connectivity index is 0.000000256. The van der Waals surface area contributed by atoms with E-state index in [4.69, 9.17) is 87.2 Å². The van der Waals surface area contributed by atoms with Crippen molar-refractivity contribution in [3.63, 3.8) is 0 Å². The zero-order valence-corrected chi connectivity index (χ0v) is 43.9. The largest absolute Gasteiger partial charge is 0.480 e. The summed E-state index contributed by atoms with van der Waals surface area (Å²) in [6.45, 7) is 11.2. The number of para-hydroxylation sites is 1. The predicted octanol–water partition coefficient (Wildman–Crippen LogP) is 9.02. The van der Waals surface area contributed by atoms with Crippen molar-refractivity contribution in [1.29, 1.82) is 0 Å². The Bertz CT molecular complexity index is 2390. The number of amides is 4. The van der Waals surface area contributed by atoms with Gasteiger partial charge in [-0.25, -0.2) is 9.29 Å². The molecule has 1 aliphatic carbocycles. The molecule has 4 unspecified atom stereocenters. The summed E-state index contributed by atoms with van der Waals surface area (Å²) in [6.07, 6.45) is 10.5. The number of hydrogen-bond donors (Lipinski definition) is 3. The van der Waals surface area contributed by atoms with E-state index in [2.05, 4.69) is 19.8 Å². The molecule has 1 fully saturated rings. The van der Waals surface area contributed by atoms with Gasteiger partial charge in [-0.3, -0.25) is 33.4 Å². The van der Waals surface area contributed by atoms with Gasteiger partial charge in [0.2, 0.25) is 5.91 Å². The Kier molecular flexibility index (Phi) is 23.4. The molecule has 0 saturated carbocycles. The highest BCUT2D eigenvalue weighted by Gasteiger charge is 2.45. The Morgan fingerprint density at radius 1 is 1.07 bits per heavy atom. The van der Waals surface area contributed by atoms with Crippen LogP contribution in [0.3, 0.4) is 0 Å². The first kappa shape index (κ1) is 59.8. The summed E-state index contributed by atoms with van der Waals surface area (Å²) >= 11 is 22.9. The van der Waals surface area contributed by atoms with Crippen molar-refractivity contribution >= 4 is 94.7 Å². The molecule has 3 heterocycles. The normalized spacial score (nSPS) is 17.7. The predicted molar refractivity (Wildman–Crippen MR) is 268 cm³/mol. The molecule has 16 nitrogen and oxygen atoms in total. The molecule has 6 rings (SSSR count). The lowest BCUT2D eigenvalue weighted by molar-refractivity contribution is -0.144. The number of carboxylic acid groups (broad SMARTS) is 1. The van der Waals surface area contributed by atoms with Crippen LogP contribution < -0.4 is 20.3 Å². The van der Waals surface area contributed by atoms with Gasteiger partial charge in [0, 0.05) is 37.1 Å². The van der Waals surface area contributed by atoms with Gasteiger partial charge in [-0.15, -0.1) is 18.0 Å². The first-order valence-electron chi connectivity index (χ1n) is 22.1. The molecule has 0 bridgehead atoms. The summed E-state index contributed by atoms with van der Waals surface area (Å²) in [4.78, 5) is 70.7. The fraction of sp³-hybridized carbons (Fsp3) is 0.479. The van der Waals surface area contributed by atoms with Gasteiger partial charge in [0.1, 0.15) is 47.8 Å². The van der Waals surface area contributed by atoms with E-state index in [0.29, 0.717) is 36.3 Å². The average molecular weight is 1080 g/mol. The van der Waals surface area contributed by atoms with Crippen LogP contribution in [0.4, 0.5) is 15.8 Å². The number of anilines is 2. The number of ether oxygens (including phenoxy) is 3. The van der Waals surface area contributed by atoms with E-state index in [1.165, 1.54) is 17.6 Å². The Labute approximate surface area is 427 Å². The molecular formula is C48H60Cl4FN4O12P. The zero-order valence-electron chi connectivity index (χ0n) is 40.0. The molecule has 3 aromatic rings. The summed E-state index contributed by atoms with van der Waals surface area (Å²) < 4.78 is 46.6. The number of hydrogen-bond acceptors (Lipinski definition) is 11. The van der Waals surface area contributed by atoms with Crippen molar-refractivity contribution in [2.75, 3.05) is 48.9 Å². The molecule has 0 spiro atoms. The van der Waals surface area contributed by atoms with Gasteiger partial charge in [0.25, 0.3) is 17.7 Å². The zero-order chi connectivity index (χ0) is 52.7. The highest BCUT2D eigenvalue weighted by atomic mass is 35.5. The number of aliphatic carboxylic acids is 1. The summed E-state index contributed by atoms with van der Waals surface area (Å²) in [5.41, 5.74) is 8.40. The number of imide groups is 1. The van der Waals surface area contributed by atoms with E-state index in [1.807, 2.05) is 24.3 Å². The smallest absolute Gasteiger partial charge is 0.320 e. The molecule has 1 saturated heterocycles. The van der Waals surface area contributed by atoms with Crippen LogP contribution in [0.1, 0.15) is 89.7 Å². The van der Waals surface area contributed by atoms with Gasteiger partial charge < -0.3 is 39.3 Å². The Morgan fingerprint density at radius 2 is 1.66 bits per heavy atom. The van der Waals surface area contributed by atoms with Crippen LogP contribution in [0.2, 0.25) is 5.02 Å². The van der Waals surface area contributed by atoms with Crippen molar-refractivity contribution in [3.05, 3.63) is 87.6 Å². The Hall–Kier alpha value is -4.47. The topological polar surface area (TPSA) is 219 Å². The Morgan fingerprint density at radius 3 is 2.11 bits per heavy atom. The van der Waals surface area contributed by atoms with Gasteiger partial charge in [0.05, 0.1) is 29.2 Å². The molecule has 4 N–H and O–H groups in total. The van der Waals surface area contributed by atoms with E-state index in [1.54, 1.807) is 45.1 Å². The van der Waals surface area contributed by atoms with Gasteiger partial charge in [-0.05, 0) is 95.0 Å². The van der Waals surface area contributed by atoms with Crippen molar-refractivity contribution in [3.8, 4) is 18.1 Å². The average Bonchev–Trinajstić information content (AvgIpc) is 4.04. The van der Waals surface area contributed by atoms with Crippen LogP contribution in [-0.2, 0) is 50.9 Å². The molecule has 2 aliphatic heterocycles. The summed E-state index contributed by atoms with van der Waals surface area (Å²) in [5, 5.41) is 8.31. The number of carbonyl (C=O) groups excluding carboxylic acids is 4. The molecule has 4 atom stereocenters. The van der Waals surface area contributed by atoms with Crippen LogP contribution in [0.15, 0.2) is 64.3 Å². The van der Waals surface area contributed by atoms with Crippen LogP contribution >= 0.6 is 53.8 Å². The molecule has 0 radical (unpaired) electrons. The maximum absolute atomic E-state index is 14.4. The number of methoxy groups -OCH3 is 1. The van der Waals surface area contributed by atoms with Crippen LogP contribution in [0, 0.1) is 18.2 Å². The van der Waals surface area contributed by atoms with Crippen molar-refractivity contribution in [2.45, 2.75) is 108 Å². The summed E-state index contributed by atoms with van der Waals surface area (Å²) in [5.74, 6) is -0.166. The van der Waals surface area contributed by atoms with Gasteiger partial charge in [0.15, 0.2) is 18.3 Å². The number of nitrogens with zero attached hydrogens (tertiary/aromatic N) is 3. The number of benzene rings is 2. The third-order valence-corrected chi connectivity index (χ3v) is 13.0. The SMILES string of the molecule is C#CC(C)Oc1cc(N2C(=O)C3=C(CCCC3)C2=O)c(F)cc1Cl.CC1(C)OC(c2ccco2)CN1C(=O)C(Cl)Cl.CCc1cccc(CC)c1N(COC)C(=O)CCl.CP(=O)(O)CCC(N)C(=O)O.